The van der Waals surface area contributed by atoms with Gasteiger partial charge in [-0.1, -0.05) is 0 Å². The van der Waals surface area contributed by atoms with E-state index in [0.717, 1.165) is 37.5 Å². The van der Waals surface area contributed by atoms with Crippen molar-refractivity contribution in [1.82, 2.24) is 34.6 Å². The number of fused-ring (bicyclic) bond motifs is 3. The Morgan fingerprint density at radius 1 is 0.883 bits per heavy atom. The van der Waals surface area contributed by atoms with Gasteiger partial charge in [0.15, 0.2) is 23.1 Å². The molecule has 0 aliphatic carbocycles. The van der Waals surface area contributed by atoms with Crippen molar-refractivity contribution in [2.45, 2.75) is 70.8 Å². The number of piperidine rings is 2. The number of anilines is 1. The molecule has 10 rings (SSSR count). The van der Waals surface area contributed by atoms with Crippen LogP contribution in [0.15, 0.2) is 77.9 Å². The smallest absolute Gasteiger partial charge is 0.493 e. The van der Waals surface area contributed by atoms with Gasteiger partial charge in [-0.2, -0.15) is 0 Å². The van der Waals surface area contributed by atoms with Gasteiger partial charge >= 0.3 is 6.36 Å². The molecule has 3 saturated heterocycles. The van der Waals surface area contributed by atoms with E-state index in [9.17, 15) is 46.7 Å². The maximum absolute atomic E-state index is 15.6. The van der Waals surface area contributed by atoms with E-state index in [2.05, 4.69) is 25.3 Å². The largest absolute Gasteiger partial charge is 0.573 e. The average Bonchev–Trinajstić information content (AvgIpc) is 3.98. The lowest BCUT2D eigenvalue weighted by molar-refractivity contribution is -0.274. The molecule has 6 amide bonds. The number of carbonyl (C=O) groups is 6. The monoisotopic (exact) mass is 1060 g/mol. The number of pyridine rings is 1. The van der Waals surface area contributed by atoms with Gasteiger partial charge in [0.25, 0.3) is 17.7 Å². The number of imide groups is 1. The van der Waals surface area contributed by atoms with Gasteiger partial charge in [-0.05, 0) is 105 Å². The van der Waals surface area contributed by atoms with Gasteiger partial charge in [0.1, 0.15) is 23.7 Å². The first-order chi connectivity index (χ1) is 36.8. The average molecular weight is 1060 g/mol. The number of benzene rings is 4. The fourth-order valence-electron chi connectivity index (χ4n) is 10.7. The second-order valence-corrected chi connectivity index (χ2v) is 19.6. The zero-order chi connectivity index (χ0) is 54.5. The number of nitrogens with zero attached hydrogens (tertiary/aromatic N) is 6. The Hall–Kier alpha value is -8.63. The van der Waals surface area contributed by atoms with Crippen LogP contribution in [0.2, 0.25) is 0 Å². The van der Waals surface area contributed by atoms with Crippen LogP contribution in [-0.2, 0) is 28.0 Å². The Morgan fingerprint density at radius 2 is 1.65 bits per heavy atom. The summed E-state index contributed by atoms with van der Waals surface area (Å²) in [5.41, 5.74) is 1.01. The number of nitrogens with one attached hydrogen (secondary N) is 2. The summed E-state index contributed by atoms with van der Waals surface area (Å²) in [5, 5.41) is 4.93. The number of carbonyl (C=O) groups excluding carboxylic acids is 6. The zero-order valence-corrected chi connectivity index (χ0v) is 41.9. The number of methoxy groups -OCH3 is 1. The van der Waals surface area contributed by atoms with E-state index in [1.54, 1.807) is 30.3 Å². The van der Waals surface area contributed by atoms with Crippen LogP contribution in [0, 0.1) is 18.2 Å². The molecule has 3 fully saturated rings. The standard InChI is InChI=1S/C54H50F4N8O11/c1-29-46(47(69)36-23-33(77-54(56,57)58)8-10-39(36)63(29)2)49(71)61-32-7-12-41(37(55)22-32)76-50-35-24-42(74-3)43(25-38(35)59-28-60-50)75-20-4-5-45(68)64-17-14-53(15-18-64)16-19-65(27-53)51(72)30-6-9-34-31(21-30)26-66(52(34)73)40-11-13-44(67)62-48(40)70/h6-10,12,21-25,28,40H,4-5,11,13-20,26-27H2,1-3H3,(H,61,71)(H,62,67,70). The van der Waals surface area contributed by atoms with E-state index in [0.29, 0.717) is 65.9 Å². The van der Waals surface area contributed by atoms with Gasteiger partial charge in [-0.15, -0.1) is 13.2 Å². The Balaban J connectivity index is 0.708. The first-order valence-corrected chi connectivity index (χ1v) is 24.8. The Morgan fingerprint density at radius 3 is 2.38 bits per heavy atom. The van der Waals surface area contributed by atoms with Crippen molar-refractivity contribution < 1.29 is 65.3 Å². The summed E-state index contributed by atoms with van der Waals surface area (Å²) < 4.78 is 77.4. The molecule has 2 aromatic heterocycles. The summed E-state index contributed by atoms with van der Waals surface area (Å²) in [5.74, 6) is -3.47. The summed E-state index contributed by atoms with van der Waals surface area (Å²) >= 11 is 0. The molecule has 77 heavy (non-hydrogen) atoms. The molecule has 0 saturated carbocycles. The molecule has 0 radical (unpaired) electrons. The number of aryl methyl sites for hydroxylation is 1. The Bertz CT molecular complexity index is 3510. The summed E-state index contributed by atoms with van der Waals surface area (Å²) in [4.78, 5) is 105. The molecule has 0 bridgehead atoms. The number of likely N-dealkylation sites (tertiary alicyclic amines) is 2. The Kier molecular flexibility index (Phi) is 13.8. The van der Waals surface area contributed by atoms with Gasteiger partial charge in [-0.3, -0.25) is 38.9 Å². The lowest BCUT2D eigenvalue weighted by Crippen LogP contribution is -2.52. The first kappa shape index (κ1) is 51.8. The quantitative estimate of drug-likeness (QED) is 0.0680. The van der Waals surface area contributed by atoms with Crippen LogP contribution < -0.4 is 35.0 Å². The van der Waals surface area contributed by atoms with Crippen LogP contribution in [0.5, 0.6) is 28.9 Å². The molecule has 19 nitrogen and oxygen atoms in total. The highest BCUT2D eigenvalue weighted by Crippen LogP contribution is 2.42. The van der Waals surface area contributed by atoms with Crippen molar-refractivity contribution in [3.63, 3.8) is 0 Å². The number of hydrogen-bond donors (Lipinski definition) is 2. The molecule has 6 heterocycles. The van der Waals surface area contributed by atoms with Crippen LogP contribution in [-0.4, -0.2) is 117 Å². The van der Waals surface area contributed by atoms with E-state index in [1.165, 1.54) is 55.1 Å². The topological polar surface area (TPSA) is 221 Å². The highest BCUT2D eigenvalue weighted by Gasteiger charge is 2.44. The van der Waals surface area contributed by atoms with Crippen LogP contribution in [0.4, 0.5) is 23.2 Å². The van der Waals surface area contributed by atoms with E-state index >= 15 is 4.39 Å². The minimum Gasteiger partial charge on any atom is -0.493 e. The molecule has 4 aliphatic heterocycles. The van der Waals surface area contributed by atoms with Gasteiger partial charge in [0, 0.05) is 87.3 Å². The molecule has 1 spiro atoms. The maximum Gasteiger partial charge on any atom is 0.573 e. The zero-order valence-electron chi connectivity index (χ0n) is 41.9. The number of hydrogen-bond acceptors (Lipinski definition) is 13. The van der Waals surface area contributed by atoms with Gasteiger partial charge < -0.3 is 43.5 Å². The van der Waals surface area contributed by atoms with Crippen LogP contribution in [0.1, 0.15) is 87.3 Å². The highest BCUT2D eigenvalue weighted by atomic mass is 19.4. The number of alkyl halides is 3. The lowest BCUT2D eigenvalue weighted by atomic mass is 9.77. The van der Waals surface area contributed by atoms with Crippen molar-refractivity contribution in [3.8, 4) is 28.9 Å². The van der Waals surface area contributed by atoms with Crippen LogP contribution >= 0.6 is 0 Å². The predicted molar refractivity (Wildman–Crippen MR) is 267 cm³/mol. The number of amides is 6. The van der Waals surface area contributed by atoms with Crippen molar-refractivity contribution in [3.05, 3.63) is 117 Å². The van der Waals surface area contributed by atoms with Crippen molar-refractivity contribution in [1.29, 1.82) is 0 Å². The number of aromatic nitrogens is 3. The molecule has 4 aromatic carbocycles. The molecular weight excluding hydrogens is 1010 g/mol. The molecule has 2 N–H and O–H groups in total. The SMILES string of the molecule is COc1cc2c(Oc3ccc(NC(=O)c4c(C)n(C)c5ccc(OC(F)(F)F)cc5c4=O)cc3F)ncnc2cc1OCCCC(=O)N1CCC2(CC1)CCN(C(=O)c1ccc3c(c1)CN(C1CCC(=O)NC1=O)C3=O)C2. The highest BCUT2D eigenvalue weighted by molar-refractivity contribution is 6.08. The maximum atomic E-state index is 15.6. The number of halogens is 4. The predicted octanol–water partition coefficient (Wildman–Crippen LogP) is 6.96. The third kappa shape index (κ3) is 10.4. The summed E-state index contributed by atoms with van der Waals surface area (Å²) in [6.07, 6.45) is -0.463. The minimum absolute atomic E-state index is 0.0122. The number of ether oxygens (including phenoxy) is 4. The first-order valence-electron chi connectivity index (χ1n) is 24.8. The Labute approximate surface area is 436 Å². The van der Waals surface area contributed by atoms with E-state index in [-0.39, 0.29) is 107 Å². The van der Waals surface area contributed by atoms with Gasteiger partial charge in [-0.25, -0.2) is 14.4 Å². The van der Waals surface area contributed by atoms with E-state index in [4.69, 9.17) is 14.2 Å². The number of rotatable bonds is 13. The molecule has 1 atom stereocenters. The molecular formula is C54H50F4N8O11. The summed E-state index contributed by atoms with van der Waals surface area (Å²) in [7, 11) is 2.97. The normalized spacial score (nSPS) is 17.2. The van der Waals surface area contributed by atoms with Crippen molar-refractivity contribution in [2.24, 2.45) is 12.5 Å². The summed E-state index contributed by atoms with van der Waals surface area (Å²) in [6, 6.07) is 14.2. The second kappa shape index (κ2) is 20.5. The molecule has 1 unspecified atom stereocenters. The molecule has 400 valence electrons. The van der Waals surface area contributed by atoms with Crippen LogP contribution in [0.3, 0.4) is 0 Å². The van der Waals surface area contributed by atoms with Crippen molar-refractivity contribution in [2.75, 3.05) is 45.2 Å². The minimum atomic E-state index is -5.01. The third-order valence-electron chi connectivity index (χ3n) is 14.9. The molecule has 6 aromatic rings. The van der Waals surface area contributed by atoms with Crippen LogP contribution in [0.25, 0.3) is 21.8 Å². The van der Waals surface area contributed by atoms with E-state index in [1.807, 2.05) is 9.80 Å². The van der Waals surface area contributed by atoms with E-state index < -0.39 is 41.2 Å². The fourth-order valence-corrected chi connectivity index (χ4v) is 10.7. The van der Waals surface area contributed by atoms with Gasteiger partial charge in [0.05, 0.1) is 35.5 Å². The second-order valence-electron chi connectivity index (χ2n) is 19.6. The molecule has 4 aliphatic rings. The van der Waals surface area contributed by atoms with Crippen molar-refractivity contribution >= 4 is 62.9 Å². The molecule has 23 heteroatoms. The van der Waals surface area contributed by atoms with Gasteiger partial charge in [0.2, 0.25) is 29.0 Å². The third-order valence-corrected chi connectivity index (χ3v) is 14.9. The fraction of sp³-hybridized carbons (Fsp3) is 0.352. The lowest BCUT2D eigenvalue weighted by Gasteiger charge is -2.39. The summed E-state index contributed by atoms with van der Waals surface area (Å²) in [6.45, 7) is 4.08.